The Morgan fingerprint density at radius 3 is 2.27 bits per heavy atom. The summed E-state index contributed by atoms with van der Waals surface area (Å²) in [6.07, 6.45) is 0. The maximum Gasteiger partial charge on any atom is 0.0646 e. The molecule has 0 aliphatic carbocycles. The first-order valence-electron chi connectivity index (χ1n) is 3.04. The van der Waals surface area contributed by atoms with Gasteiger partial charge in [-0.2, -0.15) is 0 Å². The van der Waals surface area contributed by atoms with Crippen molar-refractivity contribution in [1.82, 2.24) is 5.17 Å². The van der Waals surface area contributed by atoms with Crippen molar-refractivity contribution in [3.8, 4) is 0 Å². The second-order valence-electron chi connectivity index (χ2n) is 2.08. The Morgan fingerprint density at radius 2 is 1.82 bits per heavy atom. The Kier molecular flexibility index (Phi) is 4.81. The molecule has 1 rings (SSSR count). The van der Waals surface area contributed by atoms with E-state index in [1.165, 1.54) is 0 Å². The van der Waals surface area contributed by atoms with Crippen molar-refractivity contribution in [2.24, 2.45) is 5.84 Å². The fourth-order valence-corrected chi connectivity index (χ4v) is 0.770. The minimum absolute atomic E-state index is 0. The molecule has 3 N–H and O–H groups in total. The van der Waals surface area contributed by atoms with Crippen molar-refractivity contribution in [2.45, 2.75) is 6.54 Å². The summed E-state index contributed by atoms with van der Waals surface area (Å²) in [6, 6.07) is 9.52. The molecule has 0 saturated carbocycles. The van der Waals surface area contributed by atoms with Crippen molar-refractivity contribution in [3.63, 3.8) is 0 Å². The van der Waals surface area contributed by atoms with Gasteiger partial charge in [0, 0.05) is 0 Å². The number of nitrogens with zero attached hydrogens (tertiary/aromatic N) is 1. The number of benzene rings is 1. The van der Waals surface area contributed by atoms with Crippen molar-refractivity contribution in [1.29, 1.82) is 0 Å². The van der Waals surface area contributed by atoms with Gasteiger partial charge in [-0.1, -0.05) is 30.3 Å². The van der Waals surface area contributed by atoms with Crippen LogP contribution in [0.25, 0.3) is 0 Å². The predicted molar refractivity (Wildman–Crippen MR) is 45.2 cm³/mol. The lowest BCUT2D eigenvalue weighted by molar-refractivity contribution is -0.102. The van der Waals surface area contributed by atoms with E-state index in [1.54, 1.807) is 0 Å². The molecule has 0 spiro atoms. The average Bonchev–Trinajstić information content (AvgIpc) is 1.88. The van der Waals surface area contributed by atoms with Gasteiger partial charge < -0.3 is 0 Å². The van der Waals surface area contributed by atoms with Gasteiger partial charge in [-0.05, 0) is 5.56 Å². The third kappa shape index (κ3) is 3.95. The standard InChI is InChI=1S/C7H10N2O.ClH/c8-9(10)6-7-4-2-1-3-5-7;/h1-5,10H,6,8H2;1H. The molecule has 0 saturated heterocycles. The lowest BCUT2D eigenvalue weighted by Gasteiger charge is -2.05. The zero-order valence-corrected chi connectivity index (χ0v) is 6.79. The summed E-state index contributed by atoms with van der Waals surface area (Å²) >= 11 is 0. The molecule has 1 aromatic rings. The lowest BCUT2D eigenvalue weighted by atomic mass is 10.2. The zero-order valence-electron chi connectivity index (χ0n) is 5.97. The van der Waals surface area contributed by atoms with Crippen LogP contribution in [0.5, 0.6) is 0 Å². The minimum Gasteiger partial charge on any atom is -0.299 e. The fraction of sp³-hybridized carbons (Fsp3) is 0.143. The summed E-state index contributed by atoms with van der Waals surface area (Å²) in [5, 5.41) is 9.28. The van der Waals surface area contributed by atoms with Crippen LogP contribution >= 0.6 is 12.4 Å². The highest BCUT2D eigenvalue weighted by atomic mass is 35.5. The molecule has 0 aromatic heterocycles. The first kappa shape index (κ1) is 10.4. The fourth-order valence-electron chi connectivity index (χ4n) is 0.770. The topological polar surface area (TPSA) is 49.5 Å². The van der Waals surface area contributed by atoms with Crippen LogP contribution in [0.2, 0.25) is 0 Å². The van der Waals surface area contributed by atoms with Gasteiger partial charge in [0.05, 0.1) is 6.54 Å². The highest BCUT2D eigenvalue weighted by Gasteiger charge is 1.92. The number of hydrogen-bond donors (Lipinski definition) is 2. The van der Waals surface area contributed by atoms with Crippen molar-refractivity contribution in [3.05, 3.63) is 35.9 Å². The minimum atomic E-state index is 0. The molecule has 0 atom stereocenters. The second kappa shape index (κ2) is 5.09. The molecular formula is C7H11ClN2O. The van der Waals surface area contributed by atoms with Crippen molar-refractivity contribution >= 4 is 12.4 Å². The van der Waals surface area contributed by atoms with Gasteiger partial charge in [-0.15, -0.1) is 17.6 Å². The number of hydrazine groups is 1. The largest absolute Gasteiger partial charge is 0.299 e. The SMILES string of the molecule is Cl.NN(O)Cc1ccccc1. The van der Waals surface area contributed by atoms with Crippen molar-refractivity contribution in [2.75, 3.05) is 0 Å². The molecule has 0 radical (unpaired) electrons. The van der Waals surface area contributed by atoms with Gasteiger partial charge in [0.2, 0.25) is 0 Å². The van der Waals surface area contributed by atoms with E-state index in [-0.39, 0.29) is 12.4 Å². The van der Waals surface area contributed by atoms with Crippen LogP contribution in [0.1, 0.15) is 5.56 Å². The Labute approximate surface area is 71.8 Å². The highest BCUT2D eigenvalue weighted by Crippen LogP contribution is 1.98. The van der Waals surface area contributed by atoms with Crippen LogP contribution in [0.3, 0.4) is 0 Å². The predicted octanol–water partition coefficient (Wildman–Crippen LogP) is 1.17. The Balaban J connectivity index is 0.000001000. The van der Waals surface area contributed by atoms with E-state index in [4.69, 9.17) is 11.0 Å². The van der Waals surface area contributed by atoms with Gasteiger partial charge >= 0.3 is 0 Å². The smallest absolute Gasteiger partial charge is 0.0646 e. The van der Waals surface area contributed by atoms with Crippen LogP contribution < -0.4 is 5.84 Å². The Hall–Kier alpha value is -0.610. The van der Waals surface area contributed by atoms with E-state index < -0.39 is 0 Å². The van der Waals surface area contributed by atoms with Crippen LogP contribution in [0, 0.1) is 0 Å². The van der Waals surface area contributed by atoms with Crippen LogP contribution in [0.4, 0.5) is 0 Å². The van der Waals surface area contributed by atoms with E-state index in [2.05, 4.69) is 0 Å². The lowest BCUT2D eigenvalue weighted by Crippen LogP contribution is -2.25. The maximum atomic E-state index is 8.62. The van der Waals surface area contributed by atoms with Crippen LogP contribution in [0.15, 0.2) is 30.3 Å². The number of halogens is 1. The zero-order chi connectivity index (χ0) is 7.40. The molecular weight excluding hydrogens is 164 g/mol. The molecule has 0 aliphatic heterocycles. The molecule has 4 heteroatoms. The van der Waals surface area contributed by atoms with E-state index in [0.717, 1.165) is 5.56 Å². The first-order valence-corrected chi connectivity index (χ1v) is 3.04. The van der Waals surface area contributed by atoms with Crippen molar-refractivity contribution < 1.29 is 5.21 Å². The van der Waals surface area contributed by atoms with E-state index in [1.807, 2.05) is 30.3 Å². The first-order chi connectivity index (χ1) is 4.79. The summed E-state index contributed by atoms with van der Waals surface area (Å²) in [7, 11) is 0. The molecule has 11 heavy (non-hydrogen) atoms. The Bertz CT molecular complexity index is 191. The summed E-state index contributed by atoms with van der Waals surface area (Å²) in [5.74, 6) is 5.01. The van der Waals surface area contributed by atoms with E-state index in [0.29, 0.717) is 11.7 Å². The molecule has 0 heterocycles. The molecule has 0 amide bonds. The molecule has 0 aliphatic rings. The number of nitrogens with two attached hydrogens (primary N) is 1. The summed E-state index contributed by atoms with van der Waals surface area (Å²) < 4.78 is 0. The maximum absolute atomic E-state index is 8.62. The van der Waals surface area contributed by atoms with E-state index in [9.17, 15) is 0 Å². The van der Waals surface area contributed by atoms with Crippen LogP contribution in [-0.4, -0.2) is 10.4 Å². The molecule has 1 aromatic carbocycles. The molecule has 0 bridgehead atoms. The van der Waals surface area contributed by atoms with Gasteiger partial charge in [-0.25, -0.2) is 5.84 Å². The third-order valence-corrected chi connectivity index (χ3v) is 1.19. The quantitative estimate of drug-likeness (QED) is 0.523. The normalized spacial score (nSPS) is 9.36. The number of rotatable bonds is 2. The third-order valence-electron chi connectivity index (χ3n) is 1.19. The van der Waals surface area contributed by atoms with Crippen LogP contribution in [-0.2, 0) is 6.54 Å². The number of hydrogen-bond acceptors (Lipinski definition) is 3. The summed E-state index contributed by atoms with van der Waals surface area (Å²) in [4.78, 5) is 0. The van der Waals surface area contributed by atoms with Gasteiger partial charge in [-0.3, -0.25) is 5.21 Å². The molecule has 0 unspecified atom stereocenters. The molecule has 62 valence electrons. The van der Waals surface area contributed by atoms with Gasteiger partial charge in [0.1, 0.15) is 0 Å². The summed E-state index contributed by atoms with van der Waals surface area (Å²) in [6.45, 7) is 0.362. The van der Waals surface area contributed by atoms with Gasteiger partial charge in [0.25, 0.3) is 0 Å². The molecule has 0 fully saturated rings. The summed E-state index contributed by atoms with van der Waals surface area (Å²) in [5.41, 5.74) is 0.993. The van der Waals surface area contributed by atoms with Gasteiger partial charge in [0.15, 0.2) is 0 Å². The number of hydroxylamine groups is 1. The molecule has 3 nitrogen and oxygen atoms in total. The highest BCUT2D eigenvalue weighted by molar-refractivity contribution is 5.85. The van der Waals surface area contributed by atoms with E-state index >= 15 is 0 Å². The Morgan fingerprint density at radius 1 is 1.27 bits per heavy atom. The second-order valence-corrected chi connectivity index (χ2v) is 2.08. The average molecular weight is 175 g/mol. The monoisotopic (exact) mass is 174 g/mol.